The van der Waals surface area contributed by atoms with E-state index in [1.54, 1.807) is 6.92 Å². The lowest BCUT2D eigenvalue weighted by Gasteiger charge is -2.15. The molecule has 0 aliphatic carbocycles. The first-order valence-electron chi connectivity index (χ1n) is 4.67. The fourth-order valence-corrected chi connectivity index (χ4v) is 1.30. The first kappa shape index (κ1) is 13.4. The summed E-state index contributed by atoms with van der Waals surface area (Å²) >= 11 is 0. The van der Waals surface area contributed by atoms with Gasteiger partial charge in [-0.15, -0.1) is 12.4 Å². The summed E-state index contributed by atoms with van der Waals surface area (Å²) in [6.45, 7) is 3.82. The number of hydrogen-bond acceptors (Lipinski definition) is 2. The SMILES string of the molecule is CCc1cccc([C@H](N)[C@H](C)O)c1.Cl. The molecule has 0 amide bonds. The van der Waals surface area contributed by atoms with Gasteiger partial charge in [0.2, 0.25) is 0 Å². The molecule has 0 saturated carbocycles. The molecule has 0 saturated heterocycles. The molecule has 0 spiro atoms. The second kappa shape index (κ2) is 6.02. The van der Waals surface area contributed by atoms with Crippen LogP contribution in [0.25, 0.3) is 0 Å². The molecular weight excluding hydrogens is 198 g/mol. The second-order valence-electron chi connectivity index (χ2n) is 3.36. The lowest BCUT2D eigenvalue weighted by molar-refractivity contribution is 0.164. The van der Waals surface area contributed by atoms with E-state index in [1.807, 2.05) is 12.1 Å². The highest BCUT2D eigenvalue weighted by atomic mass is 35.5. The van der Waals surface area contributed by atoms with Crippen molar-refractivity contribution in [3.05, 3.63) is 35.4 Å². The van der Waals surface area contributed by atoms with E-state index in [2.05, 4.69) is 19.1 Å². The Hall–Kier alpha value is -0.570. The summed E-state index contributed by atoms with van der Waals surface area (Å²) in [4.78, 5) is 0. The van der Waals surface area contributed by atoms with Crippen molar-refractivity contribution in [2.75, 3.05) is 0 Å². The maximum absolute atomic E-state index is 9.31. The van der Waals surface area contributed by atoms with Crippen LogP contribution in [-0.4, -0.2) is 11.2 Å². The van der Waals surface area contributed by atoms with E-state index in [1.165, 1.54) is 5.56 Å². The Labute approximate surface area is 91.5 Å². The predicted octanol–water partition coefficient (Wildman–Crippen LogP) is 2.05. The first-order valence-corrected chi connectivity index (χ1v) is 4.67. The molecule has 3 heteroatoms. The molecule has 2 atom stereocenters. The summed E-state index contributed by atoms with van der Waals surface area (Å²) in [7, 11) is 0. The van der Waals surface area contributed by atoms with E-state index in [-0.39, 0.29) is 18.4 Å². The molecule has 14 heavy (non-hydrogen) atoms. The minimum atomic E-state index is -0.493. The summed E-state index contributed by atoms with van der Waals surface area (Å²) < 4.78 is 0. The Bertz CT molecular complexity index is 276. The molecule has 3 N–H and O–H groups in total. The van der Waals surface area contributed by atoms with Gasteiger partial charge in [-0.2, -0.15) is 0 Å². The minimum absolute atomic E-state index is 0. The number of hydrogen-bond donors (Lipinski definition) is 2. The van der Waals surface area contributed by atoms with E-state index in [4.69, 9.17) is 5.73 Å². The van der Waals surface area contributed by atoms with Gasteiger partial charge in [-0.25, -0.2) is 0 Å². The highest BCUT2D eigenvalue weighted by Gasteiger charge is 2.11. The smallest absolute Gasteiger partial charge is 0.0704 e. The van der Waals surface area contributed by atoms with Gasteiger partial charge in [0.1, 0.15) is 0 Å². The van der Waals surface area contributed by atoms with Gasteiger partial charge in [0.05, 0.1) is 12.1 Å². The van der Waals surface area contributed by atoms with Crippen molar-refractivity contribution >= 4 is 12.4 Å². The Balaban J connectivity index is 0.00000169. The number of aliphatic hydroxyl groups is 1. The Morgan fingerprint density at radius 2 is 2.07 bits per heavy atom. The monoisotopic (exact) mass is 215 g/mol. The van der Waals surface area contributed by atoms with Crippen LogP contribution < -0.4 is 5.73 Å². The van der Waals surface area contributed by atoms with E-state index >= 15 is 0 Å². The number of halogens is 1. The van der Waals surface area contributed by atoms with E-state index in [0.717, 1.165) is 12.0 Å². The van der Waals surface area contributed by atoms with Crippen LogP contribution in [0.15, 0.2) is 24.3 Å². The molecule has 1 rings (SSSR count). The standard InChI is InChI=1S/C11H17NO.ClH/c1-3-9-5-4-6-10(7-9)11(12)8(2)13;/h4-8,11,13H,3,12H2,1-2H3;1H/t8-,11+;/m0./s1. The van der Waals surface area contributed by atoms with Gasteiger partial charge in [0.25, 0.3) is 0 Å². The topological polar surface area (TPSA) is 46.2 Å². The van der Waals surface area contributed by atoms with E-state index < -0.39 is 6.10 Å². The molecule has 0 aliphatic heterocycles. The highest BCUT2D eigenvalue weighted by molar-refractivity contribution is 5.85. The van der Waals surface area contributed by atoms with Gasteiger partial charge in [-0.3, -0.25) is 0 Å². The maximum Gasteiger partial charge on any atom is 0.0704 e. The quantitative estimate of drug-likeness (QED) is 0.811. The molecule has 0 bridgehead atoms. The first-order chi connectivity index (χ1) is 6.15. The van der Waals surface area contributed by atoms with Crippen LogP contribution in [0.1, 0.15) is 31.0 Å². The summed E-state index contributed by atoms with van der Waals surface area (Å²) in [6, 6.07) is 7.79. The van der Waals surface area contributed by atoms with Gasteiger partial charge in [-0.1, -0.05) is 31.2 Å². The largest absolute Gasteiger partial charge is 0.391 e. The van der Waals surface area contributed by atoms with Crippen LogP contribution in [0.2, 0.25) is 0 Å². The zero-order chi connectivity index (χ0) is 9.84. The average Bonchev–Trinajstić information content (AvgIpc) is 2.16. The molecule has 1 aromatic rings. The fourth-order valence-electron chi connectivity index (χ4n) is 1.30. The lowest BCUT2D eigenvalue weighted by Crippen LogP contribution is -2.23. The summed E-state index contributed by atoms with van der Waals surface area (Å²) in [5.74, 6) is 0. The van der Waals surface area contributed by atoms with Crippen molar-refractivity contribution in [1.82, 2.24) is 0 Å². The molecule has 0 aliphatic rings. The highest BCUT2D eigenvalue weighted by Crippen LogP contribution is 2.15. The number of aliphatic hydroxyl groups excluding tert-OH is 1. The minimum Gasteiger partial charge on any atom is -0.391 e. The van der Waals surface area contributed by atoms with Gasteiger partial charge >= 0.3 is 0 Å². The van der Waals surface area contributed by atoms with Crippen molar-refractivity contribution in [3.63, 3.8) is 0 Å². The van der Waals surface area contributed by atoms with Crippen molar-refractivity contribution in [2.45, 2.75) is 32.4 Å². The van der Waals surface area contributed by atoms with Gasteiger partial charge in [-0.05, 0) is 24.5 Å². The van der Waals surface area contributed by atoms with E-state index in [0.29, 0.717) is 0 Å². The zero-order valence-electron chi connectivity index (χ0n) is 8.60. The third-order valence-electron chi connectivity index (χ3n) is 2.26. The van der Waals surface area contributed by atoms with Crippen molar-refractivity contribution in [2.24, 2.45) is 5.73 Å². The van der Waals surface area contributed by atoms with Crippen LogP contribution in [-0.2, 0) is 6.42 Å². The number of aryl methyl sites for hydroxylation is 1. The molecule has 0 heterocycles. The number of rotatable bonds is 3. The summed E-state index contributed by atoms with van der Waals surface area (Å²) in [5.41, 5.74) is 8.08. The van der Waals surface area contributed by atoms with Crippen molar-refractivity contribution < 1.29 is 5.11 Å². The average molecular weight is 216 g/mol. The Morgan fingerprint density at radius 1 is 1.43 bits per heavy atom. The van der Waals surface area contributed by atoms with E-state index in [9.17, 15) is 5.11 Å². The lowest BCUT2D eigenvalue weighted by atomic mass is 10.0. The number of nitrogens with two attached hydrogens (primary N) is 1. The third kappa shape index (κ3) is 3.29. The van der Waals surface area contributed by atoms with Crippen LogP contribution in [0.5, 0.6) is 0 Å². The second-order valence-corrected chi connectivity index (χ2v) is 3.36. The van der Waals surface area contributed by atoms with Crippen molar-refractivity contribution in [3.8, 4) is 0 Å². The number of benzene rings is 1. The molecule has 1 aromatic carbocycles. The molecule has 2 nitrogen and oxygen atoms in total. The van der Waals surface area contributed by atoms with Gasteiger partial charge < -0.3 is 10.8 Å². The Morgan fingerprint density at radius 3 is 2.57 bits per heavy atom. The Kier molecular flexibility index (Phi) is 5.77. The molecular formula is C11H18ClNO. The molecule has 80 valence electrons. The molecule has 0 fully saturated rings. The fraction of sp³-hybridized carbons (Fsp3) is 0.455. The van der Waals surface area contributed by atoms with Gasteiger partial charge in [0, 0.05) is 0 Å². The van der Waals surface area contributed by atoms with Crippen LogP contribution in [0.3, 0.4) is 0 Å². The molecule has 0 radical (unpaired) electrons. The summed E-state index contributed by atoms with van der Waals surface area (Å²) in [6.07, 6.45) is 0.507. The normalized spacial score (nSPS) is 14.3. The summed E-state index contributed by atoms with van der Waals surface area (Å²) in [5, 5.41) is 9.31. The third-order valence-corrected chi connectivity index (χ3v) is 2.26. The van der Waals surface area contributed by atoms with Crippen LogP contribution in [0, 0.1) is 0 Å². The van der Waals surface area contributed by atoms with Crippen LogP contribution >= 0.6 is 12.4 Å². The molecule has 0 unspecified atom stereocenters. The predicted molar refractivity (Wildman–Crippen MR) is 61.7 cm³/mol. The van der Waals surface area contributed by atoms with Crippen molar-refractivity contribution in [1.29, 1.82) is 0 Å². The zero-order valence-corrected chi connectivity index (χ0v) is 9.42. The van der Waals surface area contributed by atoms with Crippen LogP contribution in [0.4, 0.5) is 0 Å². The molecule has 0 aromatic heterocycles. The maximum atomic E-state index is 9.31. The van der Waals surface area contributed by atoms with Gasteiger partial charge in [0.15, 0.2) is 0 Å².